The summed E-state index contributed by atoms with van der Waals surface area (Å²) in [4.78, 5) is 16.8. The Morgan fingerprint density at radius 3 is 2.72 bits per heavy atom. The minimum Gasteiger partial charge on any atom is -0.342 e. The van der Waals surface area contributed by atoms with Crippen LogP contribution < -0.4 is 5.32 Å². The largest absolute Gasteiger partial charge is 0.342 e. The maximum atomic E-state index is 12.3. The topological polar surface area (TPSA) is 35.6 Å². The second kappa shape index (κ2) is 7.10. The summed E-state index contributed by atoms with van der Waals surface area (Å²) >= 11 is 0. The average molecular weight is 255 g/mol. The van der Waals surface area contributed by atoms with Crippen molar-refractivity contribution in [1.29, 1.82) is 0 Å². The molecule has 0 aromatic heterocycles. The highest BCUT2D eigenvalue weighted by Gasteiger charge is 2.31. The number of carbonyl (C=O) groups is 1. The summed E-state index contributed by atoms with van der Waals surface area (Å²) in [5.74, 6) is 0.900. The molecule has 0 saturated carbocycles. The van der Waals surface area contributed by atoms with E-state index in [1.807, 2.05) is 25.9 Å². The Morgan fingerprint density at radius 2 is 2.22 bits per heavy atom. The normalized spacial score (nSPS) is 26.9. The third-order valence-corrected chi connectivity index (χ3v) is 4.17. The maximum Gasteiger partial charge on any atom is 0.226 e. The first-order chi connectivity index (χ1) is 8.51. The lowest BCUT2D eigenvalue weighted by Gasteiger charge is -2.41. The molecule has 1 aliphatic rings. The highest BCUT2D eigenvalue weighted by molar-refractivity contribution is 5.78. The van der Waals surface area contributed by atoms with Gasteiger partial charge in [-0.05, 0) is 25.9 Å². The molecule has 1 N–H and O–H groups in total. The second-order valence-corrected chi connectivity index (χ2v) is 5.63. The van der Waals surface area contributed by atoms with Crippen LogP contribution in [0.15, 0.2) is 0 Å². The number of nitrogens with one attached hydrogen (secondary N) is 1. The van der Waals surface area contributed by atoms with Gasteiger partial charge >= 0.3 is 0 Å². The summed E-state index contributed by atoms with van der Waals surface area (Å²) in [6, 6.07) is 0.402. The lowest BCUT2D eigenvalue weighted by atomic mass is 9.92. The van der Waals surface area contributed by atoms with E-state index in [-0.39, 0.29) is 11.8 Å². The molecule has 0 radical (unpaired) electrons. The van der Waals surface area contributed by atoms with Crippen molar-refractivity contribution in [2.24, 2.45) is 11.8 Å². The predicted octanol–water partition coefficient (Wildman–Crippen LogP) is 1.03. The zero-order valence-corrected chi connectivity index (χ0v) is 12.6. The Hall–Kier alpha value is -0.610. The van der Waals surface area contributed by atoms with E-state index >= 15 is 0 Å². The molecule has 0 aromatic carbocycles. The molecule has 3 atom stereocenters. The van der Waals surface area contributed by atoms with Crippen LogP contribution in [-0.4, -0.2) is 62.0 Å². The smallest absolute Gasteiger partial charge is 0.226 e. The molecule has 4 nitrogen and oxygen atoms in total. The van der Waals surface area contributed by atoms with Gasteiger partial charge in [0.25, 0.3) is 0 Å². The van der Waals surface area contributed by atoms with E-state index in [1.165, 1.54) is 0 Å². The molecule has 0 spiro atoms. The van der Waals surface area contributed by atoms with Gasteiger partial charge in [-0.2, -0.15) is 0 Å². The van der Waals surface area contributed by atoms with Gasteiger partial charge in [-0.15, -0.1) is 0 Å². The Bertz CT molecular complexity index is 270. The quantitative estimate of drug-likeness (QED) is 0.797. The van der Waals surface area contributed by atoms with Crippen molar-refractivity contribution in [2.45, 2.75) is 33.2 Å². The van der Waals surface area contributed by atoms with Crippen molar-refractivity contribution in [3.8, 4) is 0 Å². The van der Waals surface area contributed by atoms with Gasteiger partial charge in [-0.25, -0.2) is 0 Å². The van der Waals surface area contributed by atoms with Gasteiger partial charge in [0, 0.05) is 38.6 Å². The summed E-state index contributed by atoms with van der Waals surface area (Å²) < 4.78 is 0. The average Bonchev–Trinajstić information content (AvgIpc) is 2.37. The van der Waals surface area contributed by atoms with Crippen molar-refractivity contribution in [2.75, 3.05) is 40.3 Å². The lowest BCUT2D eigenvalue weighted by Crippen LogP contribution is -2.52. The van der Waals surface area contributed by atoms with E-state index in [1.54, 1.807) is 0 Å². The molecule has 4 heteroatoms. The molecular formula is C14H29N3O. The number of nitrogens with zero attached hydrogens (tertiary/aromatic N) is 2. The molecule has 0 bridgehead atoms. The Balaban J connectivity index is 2.56. The molecule has 0 aliphatic carbocycles. The van der Waals surface area contributed by atoms with Crippen LogP contribution in [0, 0.1) is 11.8 Å². The van der Waals surface area contributed by atoms with E-state index in [0.29, 0.717) is 12.0 Å². The third-order valence-electron chi connectivity index (χ3n) is 4.17. The molecule has 1 rings (SSSR count). The van der Waals surface area contributed by atoms with E-state index in [2.05, 4.69) is 24.1 Å². The minimum atomic E-state index is 0.0661. The Kier molecular flexibility index (Phi) is 6.09. The highest BCUT2D eigenvalue weighted by Crippen LogP contribution is 2.22. The van der Waals surface area contributed by atoms with Crippen LogP contribution in [0.2, 0.25) is 0 Å². The first kappa shape index (κ1) is 15.4. The molecule has 0 aromatic rings. The van der Waals surface area contributed by atoms with Crippen molar-refractivity contribution in [3.63, 3.8) is 0 Å². The zero-order chi connectivity index (χ0) is 13.7. The third kappa shape index (κ3) is 3.69. The van der Waals surface area contributed by atoms with Crippen molar-refractivity contribution in [3.05, 3.63) is 0 Å². The number of piperidine rings is 1. The van der Waals surface area contributed by atoms with E-state index in [0.717, 1.165) is 32.6 Å². The first-order valence-corrected chi connectivity index (χ1v) is 7.14. The highest BCUT2D eigenvalue weighted by atomic mass is 16.2. The minimum absolute atomic E-state index is 0.0661. The van der Waals surface area contributed by atoms with E-state index in [4.69, 9.17) is 0 Å². The summed E-state index contributed by atoms with van der Waals surface area (Å²) in [5.41, 5.74) is 0. The molecular weight excluding hydrogens is 226 g/mol. The summed E-state index contributed by atoms with van der Waals surface area (Å²) in [6.07, 6.45) is 1.10. The Labute approximate surface area is 112 Å². The lowest BCUT2D eigenvalue weighted by molar-refractivity contribution is -0.137. The number of likely N-dealkylation sites (tertiary alicyclic amines) is 1. The maximum absolute atomic E-state index is 12.3. The first-order valence-electron chi connectivity index (χ1n) is 7.14. The standard InChI is InChI=1S/C14H29N3O/c1-6-17-8-7-13(12(3)10-17)16(5)14(18)11(2)9-15-4/h11-13,15H,6-10H2,1-5H3/t11-,12+,13+/m1/s1. The summed E-state index contributed by atoms with van der Waals surface area (Å²) in [7, 11) is 3.86. The van der Waals surface area contributed by atoms with E-state index < -0.39 is 0 Å². The molecule has 1 aliphatic heterocycles. The van der Waals surface area contributed by atoms with Crippen LogP contribution in [0.5, 0.6) is 0 Å². The molecule has 1 saturated heterocycles. The summed E-state index contributed by atoms with van der Waals surface area (Å²) in [6.45, 7) is 10.6. The van der Waals surface area contributed by atoms with E-state index in [9.17, 15) is 4.79 Å². The number of hydrogen-bond donors (Lipinski definition) is 1. The number of hydrogen-bond acceptors (Lipinski definition) is 3. The van der Waals surface area contributed by atoms with Crippen LogP contribution in [0.3, 0.4) is 0 Å². The van der Waals surface area contributed by atoms with Crippen molar-refractivity contribution >= 4 is 5.91 Å². The molecule has 1 fully saturated rings. The number of rotatable bonds is 5. The molecule has 106 valence electrons. The SMILES string of the molecule is CCN1CC[C@H](N(C)C(=O)[C@H](C)CNC)[C@@H](C)C1. The number of carbonyl (C=O) groups excluding carboxylic acids is 1. The van der Waals surface area contributed by atoms with Gasteiger partial charge in [-0.3, -0.25) is 4.79 Å². The second-order valence-electron chi connectivity index (χ2n) is 5.63. The fourth-order valence-corrected chi connectivity index (χ4v) is 2.99. The van der Waals surface area contributed by atoms with Gasteiger partial charge in [0.05, 0.1) is 0 Å². The monoisotopic (exact) mass is 255 g/mol. The van der Waals surface area contributed by atoms with Gasteiger partial charge in [0.1, 0.15) is 0 Å². The van der Waals surface area contributed by atoms with Crippen LogP contribution in [0.1, 0.15) is 27.2 Å². The zero-order valence-electron chi connectivity index (χ0n) is 12.6. The predicted molar refractivity (Wildman–Crippen MR) is 75.5 cm³/mol. The van der Waals surface area contributed by atoms with Crippen LogP contribution in [-0.2, 0) is 4.79 Å². The Morgan fingerprint density at radius 1 is 1.56 bits per heavy atom. The van der Waals surface area contributed by atoms with Gasteiger partial charge in [0.2, 0.25) is 5.91 Å². The van der Waals surface area contributed by atoms with Gasteiger partial charge < -0.3 is 15.1 Å². The van der Waals surface area contributed by atoms with Crippen molar-refractivity contribution in [1.82, 2.24) is 15.1 Å². The van der Waals surface area contributed by atoms with Gasteiger partial charge in [0.15, 0.2) is 0 Å². The molecule has 1 heterocycles. The van der Waals surface area contributed by atoms with Crippen molar-refractivity contribution < 1.29 is 4.79 Å². The fraction of sp³-hybridized carbons (Fsp3) is 0.929. The molecule has 1 amide bonds. The fourth-order valence-electron chi connectivity index (χ4n) is 2.99. The van der Waals surface area contributed by atoms with Crippen LogP contribution in [0.4, 0.5) is 0 Å². The number of amides is 1. The molecule has 0 unspecified atom stereocenters. The van der Waals surface area contributed by atoms with Crippen LogP contribution in [0.25, 0.3) is 0 Å². The molecule has 18 heavy (non-hydrogen) atoms. The summed E-state index contributed by atoms with van der Waals surface area (Å²) in [5, 5.41) is 3.08. The van der Waals surface area contributed by atoms with Crippen LogP contribution >= 0.6 is 0 Å². The van der Waals surface area contributed by atoms with Gasteiger partial charge in [-0.1, -0.05) is 20.8 Å².